The molecule has 0 unspecified atom stereocenters. The van der Waals surface area contributed by atoms with Gasteiger partial charge in [0.1, 0.15) is 5.75 Å². The highest BCUT2D eigenvalue weighted by atomic mass is 16.5. The van der Waals surface area contributed by atoms with E-state index in [9.17, 15) is 4.79 Å². The fraction of sp³-hybridized carbons (Fsp3) is 0.333. The first kappa shape index (κ1) is 22.8. The van der Waals surface area contributed by atoms with Gasteiger partial charge >= 0.3 is 5.97 Å². The Morgan fingerprint density at radius 2 is 2.03 bits per heavy atom. The number of nitrogens with one attached hydrogen (secondary N) is 1. The minimum Gasteiger partial charge on any atom is -0.493 e. The van der Waals surface area contributed by atoms with E-state index in [1.807, 2.05) is 42.5 Å². The van der Waals surface area contributed by atoms with Crippen molar-refractivity contribution in [3.05, 3.63) is 78.2 Å². The van der Waals surface area contributed by atoms with Crippen molar-refractivity contribution in [2.24, 2.45) is 11.8 Å². The number of hydrogen-bond donors (Lipinski definition) is 1. The van der Waals surface area contributed by atoms with Gasteiger partial charge in [-0.2, -0.15) is 0 Å². The zero-order chi connectivity index (χ0) is 23.0. The number of oxazole rings is 1. The zero-order valence-corrected chi connectivity index (χ0v) is 19.0. The van der Waals surface area contributed by atoms with Crippen LogP contribution in [0.15, 0.2) is 65.6 Å². The topological polar surface area (TPSA) is 73.6 Å². The molecule has 0 saturated carbocycles. The van der Waals surface area contributed by atoms with Crippen LogP contribution in [0, 0.1) is 11.8 Å². The summed E-state index contributed by atoms with van der Waals surface area (Å²) in [5.41, 5.74) is 2.97. The van der Waals surface area contributed by atoms with Gasteiger partial charge in [0, 0.05) is 18.5 Å². The number of benzene rings is 2. The first-order valence-electron chi connectivity index (χ1n) is 11.4. The molecule has 1 saturated heterocycles. The number of esters is 1. The Kier molecular flexibility index (Phi) is 7.58. The number of carbonyl (C=O) groups is 1. The lowest BCUT2D eigenvalue weighted by Gasteiger charge is -2.16. The quantitative estimate of drug-likeness (QED) is 0.461. The Hall–Kier alpha value is -3.38. The van der Waals surface area contributed by atoms with E-state index in [2.05, 4.69) is 29.0 Å². The van der Waals surface area contributed by atoms with E-state index in [4.69, 9.17) is 13.9 Å². The number of nitrogens with zero attached hydrogens (tertiary/aromatic N) is 1. The molecule has 33 heavy (non-hydrogen) atoms. The second-order valence-corrected chi connectivity index (χ2v) is 8.23. The van der Waals surface area contributed by atoms with Crippen LogP contribution in [-0.4, -0.2) is 37.8 Å². The molecule has 4 rings (SSSR count). The number of aryl methyl sites for hydroxylation is 1. The molecular weight excluding hydrogens is 416 g/mol. The minimum atomic E-state index is -0.121. The van der Waals surface area contributed by atoms with Gasteiger partial charge in [-0.15, -0.1) is 0 Å². The maximum absolute atomic E-state index is 12.0. The van der Waals surface area contributed by atoms with Crippen LogP contribution in [0.25, 0.3) is 17.5 Å². The third-order valence-corrected chi connectivity index (χ3v) is 6.09. The molecule has 0 amide bonds. The molecule has 2 atom stereocenters. The van der Waals surface area contributed by atoms with Crippen LogP contribution in [-0.2, 0) is 22.4 Å². The molecule has 1 aliphatic rings. The standard InChI is InChI=1S/C27H30N2O4/c1-3-25-24(29-26(33-25)20-9-5-4-6-10-20)14-15-32-22-11-7-8-19(16-22)12-13-21-17-28-18-23(21)27(30)31-2/h3-11,16,21,23,28H,1,12-15,17-18H2,2H3/t21-,23+/m0/s1. The van der Waals surface area contributed by atoms with Gasteiger partial charge in [-0.3, -0.25) is 4.79 Å². The lowest BCUT2D eigenvalue weighted by Crippen LogP contribution is -2.24. The van der Waals surface area contributed by atoms with Crippen LogP contribution in [0.2, 0.25) is 0 Å². The van der Waals surface area contributed by atoms with Crippen molar-refractivity contribution in [3.8, 4) is 17.2 Å². The first-order chi connectivity index (χ1) is 16.2. The molecule has 0 spiro atoms. The van der Waals surface area contributed by atoms with Crippen molar-refractivity contribution in [2.45, 2.75) is 19.3 Å². The Morgan fingerprint density at radius 3 is 2.82 bits per heavy atom. The maximum atomic E-state index is 12.0. The van der Waals surface area contributed by atoms with E-state index < -0.39 is 0 Å². The van der Waals surface area contributed by atoms with E-state index in [1.165, 1.54) is 12.7 Å². The molecule has 6 heteroatoms. The number of rotatable bonds is 10. The predicted octanol–water partition coefficient (Wildman–Crippen LogP) is 4.55. The highest BCUT2D eigenvalue weighted by molar-refractivity contribution is 5.73. The molecule has 172 valence electrons. The fourth-order valence-corrected chi connectivity index (χ4v) is 4.28. The van der Waals surface area contributed by atoms with Gasteiger partial charge in [-0.1, -0.05) is 36.9 Å². The normalized spacial score (nSPS) is 17.6. The summed E-state index contributed by atoms with van der Waals surface area (Å²) in [6, 6.07) is 18.0. The minimum absolute atomic E-state index is 0.0586. The van der Waals surface area contributed by atoms with Crippen molar-refractivity contribution in [1.82, 2.24) is 10.3 Å². The van der Waals surface area contributed by atoms with Gasteiger partial charge in [0.25, 0.3) is 0 Å². The van der Waals surface area contributed by atoms with Crippen LogP contribution in [0.5, 0.6) is 5.75 Å². The molecule has 0 aliphatic carbocycles. The van der Waals surface area contributed by atoms with Gasteiger partial charge in [0.2, 0.25) is 5.89 Å². The number of carbonyl (C=O) groups excluding carboxylic acids is 1. The van der Waals surface area contributed by atoms with Gasteiger partial charge < -0.3 is 19.2 Å². The monoisotopic (exact) mass is 446 g/mol. The number of aromatic nitrogens is 1. The Morgan fingerprint density at radius 1 is 1.18 bits per heavy atom. The van der Waals surface area contributed by atoms with Gasteiger partial charge in [0.05, 0.1) is 25.3 Å². The molecule has 1 N–H and O–H groups in total. The number of methoxy groups -OCH3 is 1. The van der Waals surface area contributed by atoms with Gasteiger partial charge in [0.15, 0.2) is 5.76 Å². The SMILES string of the molecule is C=Cc1oc(-c2ccccc2)nc1CCOc1cccc(CC[C@H]2CNC[C@H]2C(=O)OC)c1. The van der Waals surface area contributed by atoms with E-state index in [-0.39, 0.29) is 11.9 Å². The molecule has 1 aliphatic heterocycles. The molecule has 2 aromatic carbocycles. The van der Waals surface area contributed by atoms with E-state index in [0.29, 0.717) is 37.1 Å². The van der Waals surface area contributed by atoms with E-state index in [0.717, 1.165) is 36.4 Å². The maximum Gasteiger partial charge on any atom is 0.310 e. The summed E-state index contributed by atoms with van der Waals surface area (Å²) < 4.78 is 16.8. The van der Waals surface area contributed by atoms with Crippen LogP contribution < -0.4 is 10.1 Å². The number of hydrogen-bond acceptors (Lipinski definition) is 6. The van der Waals surface area contributed by atoms with Crippen LogP contribution in [0.4, 0.5) is 0 Å². The van der Waals surface area contributed by atoms with Gasteiger partial charge in [-0.05, 0) is 61.2 Å². The van der Waals surface area contributed by atoms with Crippen molar-refractivity contribution in [2.75, 3.05) is 26.8 Å². The highest BCUT2D eigenvalue weighted by Crippen LogP contribution is 2.25. The average Bonchev–Trinajstić information content (AvgIpc) is 3.50. The van der Waals surface area contributed by atoms with Crippen molar-refractivity contribution >= 4 is 12.0 Å². The molecule has 6 nitrogen and oxygen atoms in total. The summed E-state index contributed by atoms with van der Waals surface area (Å²) in [4.78, 5) is 16.6. The number of ether oxygens (including phenoxy) is 2. The molecule has 0 bridgehead atoms. The van der Waals surface area contributed by atoms with Crippen molar-refractivity contribution in [1.29, 1.82) is 0 Å². The lowest BCUT2D eigenvalue weighted by molar-refractivity contribution is -0.146. The third kappa shape index (κ3) is 5.71. The molecule has 1 aromatic heterocycles. The van der Waals surface area contributed by atoms with Crippen LogP contribution in [0.1, 0.15) is 23.4 Å². The average molecular weight is 447 g/mol. The lowest BCUT2D eigenvalue weighted by atomic mass is 9.90. The fourth-order valence-electron chi connectivity index (χ4n) is 4.28. The highest BCUT2D eigenvalue weighted by Gasteiger charge is 2.33. The summed E-state index contributed by atoms with van der Waals surface area (Å²) in [5, 5.41) is 3.30. The second-order valence-electron chi connectivity index (χ2n) is 8.23. The Bertz CT molecular complexity index is 1080. The molecule has 2 heterocycles. The summed E-state index contributed by atoms with van der Waals surface area (Å²) in [5.74, 6) is 2.21. The Labute approximate surface area is 194 Å². The van der Waals surface area contributed by atoms with E-state index in [1.54, 1.807) is 6.08 Å². The summed E-state index contributed by atoms with van der Waals surface area (Å²) in [6.07, 6.45) is 4.13. The molecule has 1 fully saturated rings. The predicted molar refractivity (Wildman–Crippen MR) is 128 cm³/mol. The van der Waals surface area contributed by atoms with Crippen LogP contribution in [0.3, 0.4) is 0 Å². The zero-order valence-electron chi connectivity index (χ0n) is 19.0. The second kappa shape index (κ2) is 11.0. The van der Waals surface area contributed by atoms with Crippen LogP contribution >= 0.6 is 0 Å². The third-order valence-electron chi connectivity index (χ3n) is 6.09. The largest absolute Gasteiger partial charge is 0.493 e. The molecular formula is C27H30N2O4. The van der Waals surface area contributed by atoms with Gasteiger partial charge in [-0.25, -0.2) is 4.98 Å². The van der Waals surface area contributed by atoms with Crippen molar-refractivity contribution < 1.29 is 18.7 Å². The molecule has 3 aromatic rings. The Balaban J connectivity index is 1.32. The van der Waals surface area contributed by atoms with E-state index >= 15 is 0 Å². The summed E-state index contributed by atoms with van der Waals surface area (Å²) in [7, 11) is 1.46. The summed E-state index contributed by atoms with van der Waals surface area (Å²) >= 11 is 0. The molecule has 0 radical (unpaired) electrons. The summed E-state index contributed by atoms with van der Waals surface area (Å²) in [6.45, 7) is 5.88. The van der Waals surface area contributed by atoms with Crippen molar-refractivity contribution in [3.63, 3.8) is 0 Å². The first-order valence-corrected chi connectivity index (χ1v) is 11.4. The smallest absolute Gasteiger partial charge is 0.310 e.